The summed E-state index contributed by atoms with van der Waals surface area (Å²) in [6.45, 7) is 4.32. The second kappa shape index (κ2) is 9.66. The zero-order chi connectivity index (χ0) is 22.5. The molecule has 0 unspecified atom stereocenters. The van der Waals surface area contributed by atoms with E-state index in [1.54, 1.807) is 20.5 Å². The van der Waals surface area contributed by atoms with Gasteiger partial charge in [0.1, 0.15) is 12.1 Å². The summed E-state index contributed by atoms with van der Waals surface area (Å²) < 4.78 is 10.8. The number of rotatable bonds is 8. The summed E-state index contributed by atoms with van der Waals surface area (Å²) >= 11 is 0. The van der Waals surface area contributed by atoms with Crippen LogP contribution in [0.3, 0.4) is 0 Å². The normalized spacial score (nSPS) is 12.0. The molecule has 164 valence electrons. The Labute approximate surface area is 188 Å². The van der Waals surface area contributed by atoms with E-state index in [4.69, 9.17) is 9.47 Å². The predicted octanol–water partition coefficient (Wildman–Crippen LogP) is 5.48. The molecule has 32 heavy (non-hydrogen) atoms. The van der Waals surface area contributed by atoms with E-state index >= 15 is 0 Å². The van der Waals surface area contributed by atoms with Crippen LogP contribution in [0.4, 0.5) is 11.5 Å². The summed E-state index contributed by atoms with van der Waals surface area (Å²) in [5.74, 6) is 1.99. The highest BCUT2D eigenvalue weighted by Gasteiger charge is 2.15. The van der Waals surface area contributed by atoms with Gasteiger partial charge in [-0.05, 0) is 43.2 Å². The molecular formula is C26H28N4O2. The molecular weight excluding hydrogens is 400 g/mol. The first kappa shape index (κ1) is 21.6. The van der Waals surface area contributed by atoms with E-state index in [-0.39, 0.29) is 6.04 Å². The van der Waals surface area contributed by atoms with Crippen molar-refractivity contribution in [2.45, 2.75) is 25.9 Å². The van der Waals surface area contributed by atoms with Crippen molar-refractivity contribution in [3.63, 3.8) is 0 Å². The van der Waals surface area contributed by atoms with Crippen molar-refractivity contribution in [2.24, 2.45) is 0 Å². The summed E-state index contributed by atoms with van der Waals surface area (Å²) in [6.07, 6.45) is 1.54. The first-order chi connectivity index (χ1) is 15.6. The number of ether oxygens (including phenoxy) is 2. The topological polar surface area (TPSA) is 68.3 Å². The van der Waals surface area contributed by atoms with E-state index in [0.29, 0.717) is 23.4 Å². The van der Waals surface area contributed by atoms with Crippen LogP contribution in [0, 0.1) is 0 Å². The lowest BCUT2D eigenvalue weighted by Crippen LogP contribution is -2.28. The molecule has 0 saturated carbocycles. The van der Waals surface area contributed by atoms with Crippen LogP contribution in [0.25, 0.3) is 10.9 Å². The molecule has 4 aromatic rings. The van der Waals surface area contributed by atoms with Crippen LogP contribution in [0.1, 0.15) is 31.0 Å². The van der Waals surface area contributed by atoms with Gasteiger partial charge >= 0.3 is 0 Å². The maximum absolute atomic E-state index is 5.45. The maximum Gasteiger partial charge on any atom is 0.162 e. The van der Waals surface area contributed by atoms with Crippen LogP contribution in [0.5, 0.6) is 11.5 Å². The van der Waals surface area contributed by atoms with E-state index in [1.807, 2.05) is 18.2 Å². The molecule has 4 rings (SSSR count). The molecule has 3 aromatic carbocycles. The summed E-state index contributed by atoms with van der Waals surface area (Å²) in [7, 11) is 3.23. The Bertz CT molecular complexity index is 1180. The number of aromatic nitrogens is 2. The number of fused-ring (bicyclic) bond motifs is 1. The largest absolute Gasteiger partial charge is 0.493 e. The number of benzene rings is 3. The third-order valence-corrected chi connectivity index (χ3v) is 5.28. The molecule has 0 aliphatic rings. The van der Waals surface area contributed by atoms with Gasteiger partial charge < -0.3 is 20.1 Å². The highest BCUT2D eigenvalue weighted by Crippen LogP contribution is 2.34. The van der Waals surface area contributed by atoms with Gasteiger partial charge in [0, 0.05) is 23.2 Å². The molecule has 2 N–H and O–H groups in total. The fourth-order valence-corrected chi connectivity index (χ4v) is 3.74. The summed E-state index contributed by atoms with van der Waals surface area (Å²) in [5, 5.41) is 7.94. The van der Waals surface area contributed by atoms with Crippen molar-refractivity contribution in [1.82, 2.24) is 15.3 Å². The second-order valence-corrected chi connectivity index (χ2v) is 7.86. The Balaban J connectivity index is 1.63. The lowest BCUT2D eigenvalue weighted by molar-refractivity contribution is 0.356. The average molecular weight is 429 g/mol. The Morgan fingerprint density at radius 1 is 0.781 bits per heavy atom. The number of methoxy groups -OCH3 is 2. The highest BCUT2D eigenvalue weighted by molar-refractivity contribution is 5.93. The monoisotopic (exact) mass is 428 g/mol. The molecule has 0 fully saturated rings. The number of hydrogen-bond acceptors (Lipinski definition) is 6. The van der Waals surface area contributed by atoms with Gasteiger partial charge in [0.15, 0.2) is 11.5 Å². The number of nitrogens with one attached hydrogen (secondary N) is 2. The molecule has 1 atom stereocenters. The Kier molecular flexibility index (Phi) is 6.52. The van der Waals surface area contributed by atoms with Crippen molar-refractivity contribution >= 4 is 22.4 Å². The van der Waals surface area contributed by atoms with Gasteiger partial charge in [-0.3, -0.25) is 0 Å². The minimum atomic E-state index is 0.127. The Morgan fingerprint density at radius 2 is 1.44 bits per heavy atom. The zero-order valence-corrected chi connectivity index (χ0v) is 18.8. The van der Waals surface area contributed by atoms with E-state index in [0.717, 1.165) is 16.6 Å². The number of anilines is 2. The fourth-order valence-electron chi connectivity index (χ4n) is 3.74. The first-order valence-corrected chi connectivity index (χ1v) is 10.6. The zero-order valence-electron chi connectivity index (χ0n) is 18.8. The third-order valence-electron chi connectivity index (χ3n) is 5.28. The smallest absolute Gasteiger partial charge is 0.162 e. The van der Waals surface area contributed by atoms with Gasteiger partial charge in [-0.15, -0.1) is 0 Å². The summed E-state index contributed by atoms with van der Waals surface area (Å²) in [5.41, 5.74) is 4.17. The molecule has 1 heterocycles. The van der Waals surface area contributed by atoms with Gasteiger partial charge in [0.05, 0.1) is 25.8 Å². The molecule has 1 aromatic heterocycles. The van der Waals surface area contributed by atoms with E-state index in [1.165, 1.54) is 11.1 Å². The molecule has 0 saturated heterocycles. The molecule has 0 bridgehead atoms. The lowest BCUT2D eigenvalue weighted by atomic mass is 9.97. The van der Waals surface area contributed by atoms with Crippen LogP contribution >= 0.6 is 0 Å². The summed E-state index contributed by atoms with van der Waals surface area (Å²) in [4.78, 5) is 8.82. The van der Waals surface area contributed by atoms with Crippen molar-refractivity contribution in [3.05, 3.63) is 84.2 Å². The maximum atomic E-state index is 5.45. The number of nitrogens with zero attached hydrogens (tertiary/aromatic N) is 2. The summed E-state index contributed by atoms with van der Waals surface area (Å²) in [6, 6.07) is 23.2. The van der Waals surface area contributed by atoms with Crippen molar-refractivity contribution in [3.8, 4) is 11.5 Å². The Hall–Kier alpha value is -3.64. The quantitative estimate of drug-likeness (QED) is 0.387. The SMILES string of the molecule is COc1cc2ncnc(Nc3ccc([C@@H](NC(C)C)c4ccccc4)cc3)c2cc1OC. The van der Waals surface area contributed by atoms with Gasteiger partial charge in [-0.25, -0.2) is 9.97 Å². The molecule has 0 aliphatic carbocycles. The highest BCUT2D eigenvalue weighted by atomic mass is 16.5. The van der Waals surface area contributed by atoms with Gasteiger partial charge in [-0.2, -0.15) is 0 Å². The van der Waals surface area contributed by atoms with Crippen LogP contribution in [-0.2, 0) is 0 Å². The van der Waals surface area contributed by atoms with E-state index in [9.17, 15) is 0 Å². The standard InChI is InChI=1S/C26H28N4O2/c1-17(2)29-25(18-8-6-5-7-9-18)19-10-12-20(13-11-19)30-26-21-14-23(31-3)24(32-4)15-22(21)27-16-28-26/h5-17,25,29H,1-4H3,(H,27,28,30)/t25-/m0/s1. The fraction of sp³-hybridized carbons (Fsp3) is 0.231. The van der Waals surface area contributed by atoms with Crippen LogP contribution in [0.2, 0.25) is 0 Å². The van der Waals surface area contributed by atoms with Crippen molar-refractivity contribution < 1.29 is 9.47 Å². The van der Waals surface area contributed by atoms with Crippen LogP contribution < -0.4 is 20.1 Å². The second-order valence-electron chi connectivity index (χ2n) is 7.86. The van der Waals surface area contributed by atoms with E-state index < -0.39 is 0 Å². The minimum Gasteiger partial charge on any atom is -0.493 e. The van der Waals surface area contributed by atoms with Gasteiger partial charge in [0.25, 0.3) is 0 Å². The predicted molar refractivity (Wildman–Crippen MR) is 129 cm³/mol. The Morgan fingerprint density at radius 3 is 2.09 bits per heavy atom. The van der Waals surface area contributed by atoms with Gasteiger partial charge in [0.2, 0.25) is 0 Å². The van der Waals surface area contributed by atoms with Crippen molar-refractivity contribution in [1.29, 1.82) is 0 Å². The molecule has 0 spiro atoms. The minimum absolute atomic E-state index is 0.127. The van der Waals surface area contributed by atoms with Crippen molar-refractivity contribution in [2.75, 3.05) is 19.5 Å². The van der Waals surface area contributed by atoms with E-state index in [2.05, 4.69) is 83.0 Å². The third kappa shape index (κ3) is 4.65. The molecule has 0 radical (unpaired) electrons. The first-order valence-electron chi connectivity index (χ1n) is 10.6. The molecule has 0 amide bonds. The number of hydrogen-bond donors (Lipinski definition) is 2. The molecule has 6 nitrogen and oxygen atoms in total. The van der Waals surface area contributed by atoms with Crippen LogP contribution in [0.15, 0.2) is 73.1 Å². The lowest BCUT2D eigenvalue weighted by Gasteiger charge is -2.22. The molecule has 6 heteroatoms. The molecule has 0 aliphatic heterocycles. The average Bonchev–Trinajstić information content (AvgIpc) is 2.83. The van der Waals surface area contributed by atoms with Gasteiger partial charge in [-0.1, -0.05) is 42.5 Å². The van der Waals surface area contributed by atoms with Crippen LogP contribution in [-0.4, -0.2) is 30.2 Å².